The van der Waals surface area contributed by atoms with Crippen molar-refractivity contribution in [3.05, 3.63) is 33.9 Å². The maximum Gasteiger partial charge on any atom is 0.272 e. The van der Waals surface area contributed by atoms with Crippen molar-refractivity contribution in [2.24, 2.45) is 0 Å². The minimum Gasteiger partial charge on any atom is -0.381 e. The van der Waals surface area contributed by atoms with Gasteiger partial charge in [0.1, 0.15) is 0 Å². The van der Waals surface area contributed by atoms with Gasteiger partial charge in [0.15, 0.2) is 0 Å². The van der Waals surface area contributed by atoms with Crippen LogP contribution in [0.5, 0.6) is 0 Å². The summed E-state index contributed by atoms with van der Waals surface area (Å²) >= 11 is 0. The Kier molecular flexibility index (Phi) is 3.58. The summed E-state index contributed by atoms with van der Waals surface area (Å²) in [5.41, 5.74) is 1.84. The third-order valence-electron chi connectivity index (χ3n) is 3.06. The van der Waals surface area contributed by atoms with Gasteiger partial charge >= 0.3 is 0 Å². The van der Waals surface area contributed by atoms with E-state index in [-0.39, 0.29) is 10.6 Å². The van der Waals surface area contributed by atoms with Crippen molar-refractivity contribution in [1.29, 1.82) is 0 Å². The molecule has 0 aliphatic carbocycles. The molecule has 5 heteroatoms. The number of nitro groups is 1. The van der Waals surface area contributed by atoms with E-state index in [4.69, 9.17) is 0 Å². The van der Waals surface area contributed by atoms with E-state index in [1.54, 1.807) is 19.1 Å². The maximum atomic E-state index is 10.7. The predicted octanol–water partition coefficient (Wildman–Crippen LogP) is 2.07. The van der Waals surface area contributed by atoms with Gasteiger partial charge in [-0.25, -0.2) is 0 Å². The topological polar surface area (TPSA) is 67.2 Å². The monoisotopic (exact) mass is 235 g/mol. The number of aryl methyl sites for hydroxylation is 1. The van der Waals surface area contributed by atoms with Crippen LogP contribution in [0.1, 0.15) is 18.4 Å². The molecule has 0 amide bonds. The lowest BCUT2D eigenvalue weighted by Gasteiger charge is -2.24. The van der Waals surface area contributed by atoms with Crippen molar-refractivity contribution < 1.29 is 4.92 Å². The smallest absolute Gasteiger partial charge is 0.272 e. The van der Waals surface area contributed by atoms with Gasteiger partial charge in [-0.3, -0.25) is 10.1 Å². The van der Waals surface area contributed by atoms with Gasteiger partial charge in [-0.05, 0) is 38.4 Å². The number of nitrogens with one attached hydrogen (secondary N) is 2. The Bertz CT molecular complexity index is 414. The van der Waals surface area contributed by atoms with Crippen molar-refractivity contribution in [2.45, 2.75) is 25.8 Å². The molecule has 0 bridgehead atoms. The molecule has 1 atom stereocenters. The number of anilines is 1. The van der Waals surface area contributed by atoms with Gasteiger partial charge in [-0.2, -0.15) is 0 Å². The van der Waals surface area contributed by atoms with E-state index in [2.05, 4.69) is 10.6 Å². The summed E-state index contributed by atoms with van der Waals surface area (Å²) in [5.74, 6) is 0. The van der Waals surface area contributed by atoms with Crippen LogP contribution in [0.25, 0.3) is 0 Å². The average Bonchev–Trinajstić information content (AvgIpc) is 2.30. The van der Waals surface area contributed by atoms with Crippen molar-refractivity contribution in [3.63, 3.8) is 0 Å². The molecular weight excluding hydrogens is 218 g/mol. The quantitative estimate of drug-likeness (QED) is 0.621. The van der Waals surface area contributed by atoms with Crippen LogP contribution in [-0.2, 0) is 0 Å². The molecule has 5 nitrogen and oxygen atoms in total. The zero-order valence-corrected chi connectivity index (χ0v) is 9.90. The Morgan fingerprint density at radius 3 is 2.94 bits per heavy atom. The van der Waals surface area contributed by atoms with Crippen molar-refractivity contribution in [1.82, 2.24) is 5.32 Å². The van der Waals surface area contributed by atoms with E-state index in [0.717, 1.165) is 25.2 Å². The Balaban J connectivity index is 2.06. The van der Waals surface area contributed by atoms with E-state index in [9.17, 15) is 10.1 Å². The van der Waals surface area contributed by atoms with Crippen LogP contribution in [0.4, 0.5) is 11.4 Å². The molecule has 0 saturated carbocycles. The standard InChI is InChI=1S/C12H17N3O2/c1-9-7-10(4-5-12(9)15(16)17)14-11-3-2-6-13-8-11/h4-5,7,11,13-14H,2-3,6,8H2,1H3. The van der Waals surface area contributed by atoms with E-state index in [1.807, 2.05) is 6.07 Å². The van der Waals surface area contributed by atoms with Crippen molar-refractivity contribution >= 4 is 11.4 Å². The van der Waals surface area contributed by atoms with Gasteiger partial charge in [0.05, 0.1) is 4.92 Å². The minimum atomic E-state index is -0.346. The number of hydrogen-bond donors (Lipinski definition) is 2. The molecule has 1 aromatic rings. The number of piperidine rings is 1. The lowest BCUT2D eigenvalue weighted by Crippen LogP contribution is -2.38. The van der Waals surface area contributed by atoms with Crippen LogP contribution in [0.2, 0.25) is 0 Å². The summed E-state index contributed by atoms with van der Waals surface area (Å²) in [5, 5.41) is 17.4. The Hall–Kier alpha value is -1.62. The summed E-state index contributed by atoms with van der Waals surface area (Å²) in [6.45, 7) is 3.80. The molecule has 0 spiro atoms. The molecule has 1 unspecified atom stereocenters. The van der Waals surface area contributed by atoms with Gasteiger partial charge in [-0.1, -0.05) is 0 Å². The molecule has 2 N–H and O–H groups in total. The molecule has 1 aliphatic heterocycles. The second-order valence-corrected chi connectivity index (χ2v) is 4.45. The molecular formula is C12H17N3O2. The highest BCUT2D eigenvalue weighted by atomic mass is 16.6. The lowest BCUT2D eigenvalue weighted by molar-refractivity contribution is -0.385. The first kappa shape index (κ1) is 11.9. The second kappa shape index (κ2) is 5.14. The SMILES string of the molecule is Cc1cc(NC2CCCNC2)ccc1[N+](=O)[O-]. The summed E-state index contributed by atoms with van der Waals surface area (Å²) in [6, 6.07) is 5.60. The first-order valence-corrected chi connectivity index (χ1v) is 5.89. The van der Waals surface area contributed by atoms with Crippen molar-refractivity contribution in [2.75, 3.05) is 18.4 Å². The highest BCUT2D eigenvalue weighted by molar-refractivity contribution is 5.54. The molecule has 0 aromatic heterocycles. The number of nitrogens with zero attached hydrogens (tertiary/aromatic N) is 1. The summed E-state index contributed by atoms with van der Waals surface area (Å²) in [6.07, 6.45) is 2.31. The van der Waals surface area contributed by atoms with Crippen LogP contribution in [0.3, 0.4) is 0 Å². The minimum absolute atomic E-state index is 0.178. The third kappa shape index (κ3) is 2.94. The van der Waals surface area contributed by atoms with Gasteiger partial charge in [0.2, 0.25) is 0 Å². The predicted molar refractivity (Wildman–Crippen MR) is 67.3 cm³/mol. The first-order chi connectivity index (χ1) is 8.16. The number of nitro benzene ring substituents is 1. The number of rotatable bonds is 3. The highest BCUT2D eigenvalue weighted by Gasteiger charge is 2.14. The highest BCUT2D eigenvalue weighted by Crippen LogP contribution is 2.22. The van der Waals surface area contributed by atoms with Gasteiger partial charge < -0.3 is 10.6 Å². The van der Waals surface area contributed by atoms with E-state index in [1.165, 1.54) is 6.42 Å². The molecule has 1 aliphatic rings. The van der Waals surface area contributed by atoms with Gasteiger partial charge in [0.25, 0.3) is 5.69 Å². The molecule has 2 rings (SSSR count). The molecule has 0 radical (unpaired) electrons. The number of benzene rings is 1. The summed E-state index contributed by atoms with van der Waals surface area (Å²) < 4.78 is 0. The maximum absolute atomic E-state index is 10.7. The largest absolute Gasteiger partial charge is 0.381 e. The van der Waals surface area contributed by atoms with Crippen LogP contribution < -0.4 is 10.6 Å². The fourth-order valence-electron chi connectivity index (χ4n) is 2.16. The fraction of sp³-hybridized carbons (Fsp3) is 0.500. The zero-order chi connectivity index (χ0) is 12.3. The molecule has 1 aromatic carbocycles. The molecule has 1 saturated heterocycles. The third-order valence-corrected chi connectivity index (χ3v) is 3.06. The second-order valence-electron chi connectivity index (χ2n) is 4.45. The van der Waals surface area contributed by atoms with Crippen LogP contribution >= 0.6 is 0 Å². The fourth-order valence-corrected chi connectivity index (χ4v) is 2.16. The Labute approximate surface area is 100 Å². The molecule has 1 heterocycles. The normalized spacial score (nSPS) is 19.9. The van der Waals surface area contributed by atoms with Gasteiger partial charge in [0, 0.05) is 29.9 Å². The molecule has 17 heavy (non-hydrogen) atoms. The van der Waals surface area contributed by atoms with E-state index < -0.39 is 0 Å². The first-order valence-electron chi connectivity index (χ1n) is 5.89. The zero-order valence-electron chi connectivity index (χ0n) is 9.90. The van der Waals surface area contributed by atoms with Gasteiger partial charge in [-0.15, -0.1) is 0 Å². The van der Waals surface area contributed by atoms with E-state index in [0.29, 0.717) is 11.6 Å². The van der Waals surface area contributed by atoms with Crippen LogP contribution in [-0.4, -0.2) is 24.1 Å². The molecule has 1 fully saturated rings. The Morgan fingerprint density at radius 2 is 2.35 bits per heavy atom. The summed E-state index contributed by atoms with van der Waals surface area (Å²) in [4.78, 5) is 10.4. The summed E-state index contributed by atoms with van der Waals surface area (Å²) in [7, 11) is 0. The Morgan fingerprint density at radius 1 is 1.53 bits per heavy atom. The molecule has 92 valence electrons. The average molecular weight is 235 g/mol. The van der Waals surface area contributed by atoms with Crippen molar-refractivity contribution in [3.8, 4) is 0 Å². The van der Waals surface area contributed by atoms with Crippen LogP contribution in [0.15, 0.2) is 18.2 Å². The van der Waals surface area contributed by atoms with Crippen LogP contribution in [0, 0.1) is 17.0 Å². The lowest BCUT2D eigenvalue weighted by atomic mass is 10.1. The van der Waals surface area contributed by atoms with E-state index >= 15 is 0 Å². The number of hydrogen-bond acceptors (Lipinski definition) is 4.